The van der Waals surface area contributed by atoms with E-state index in [2.05, 4.69) is 27.2 Å². The molecular formula is C24H49. The van der Waals surface area contributed by atoms with E-state index in [0.29, 0.717) is 0 Å². The average Bonchev–Trinajstić information content (AvgIpc) is 2.59. The van der Waals surface area contributed by atoms with Gasteiger partial charge in [-0.05, 0) is 18.8 Å². The van der Waals surface area contributed by atoms with Crippen LogP contribution in [0.15, 0.2) is 0 Å². The van der Waals surface area contributed by atoms with Gasteiger partial charge in [-0.25, -0.2) is 0 Å². The summed E-state index contributed by atoms with van der Waals surface area (Å²) < 4.78 is 0. The van der Waals surface area contributed by atoms with E-state index in [1.807, 2.05) is 0 Å². The second-order valence-corrected chi connectivity index (χ2v) is 8.09. The molecule has 24 heavy (non-hydrogen) atoms. The molecule has 0 spiro atoms. The van der Waals surface area contributed by atoms with Crippen LogP contribution in [0.3, 0.4) is 0 Å². The normalized spacial score (nSPS) is 12.6. The third-order valence-electron chi connectivity index (χ3n) is 5.39. The van der Waals surface area contributed by atoms with Crippen molar-refractivity contribution in [1.29, 1.82) is 0 Å². The van der Waals surface area contributed by atoms with Gasteiger partial charge in [0.05, 0.1) is 0 Å². The van der Waals surface area contributed by atoms with Crippen molar-refractivity contribution in [3.63, 3.8) is 0 Å². The Morgan fingerprint density at radius 2 is 0.875 bits per heavy atom. The zero-order valence-electron chi connectivity index (χ0n) is 17.6. The lowest BCUT2D eigenvalue weighted by Crippen LogP contribution is -1.96. The molecule has 0 amide bonds. The first-order chi connectivity index (χ1) is 11.8. The largest absolute Gasteiger partial charge is 0.0654 e. The van der Waals surface area contributed by atoms with Crippen molar-refractivity contribution in [2.75, 3.05) is 0 Å². The fourth-order valence-electron chi connectivity index (χ4n) is 3.58. The SMILES string of the molecule is CCCCCCCCCCCCCCC[CH]C(C)CCCCCC. The van der Waals surface area contributed by atoms with Gasteiger partial charge in [0.1, 0.15) is 0 Å². The number of rotatable bonds is 20. The summed E-state index contributed by atoms with van der Waals surface area (Å²) in [4.78, 5) is 0. The molecule has 0 aliphatic heterocycles. The first-order valence-electron chi connectivity index (χ1n) is 11.6. The summed E-state index contributed by atoms with van der Waals surface area (Å²) in [6, 6.07) is 0. The van der Waals surface area contributed by atoms with Gasteiger partial charge < -0.3 is 0 Å². The molecule has 1 radical (unpaired) electrons. The molecule has 0 N–H and O–H groups in total. The highest BCUT2D eigenvalue weighted by molar-refractivity contribution is 4.72. The highest BCUT2D eigenvalue weighted by Crippen LogP contribution is 2.17. The first-order valence-corrected chi connectivity index (χ1v) is 11.6. The molecule has 0 saturated carbocycles. The Morgan fingerprint density at radius 1 is 0.500 bits per heavy atom. The summed E-state index contributed by atoms with van der Waals surface area (Å²) in [7, 11) is 0. The molecule has 1 unspecified atom stereocenters. The van der Waals surface area contributed by atoms with E-state index in [4.69, 9.17) is 0 Å². The molecule has 0 rings (SSSR count). The number of hydrogen-bond donors (Lipinski definition) is 0. The van der Waals surface area contributed by atoms with Crippen LogP contribution in [0.25, 0.3) is 0 Å². The van der Waals surface area contributed by atoms with Crippen LogP contribution in [0.4, 0.5) is 0 Å². The van der Waals surface area contributed by atoms with Crippen LogP contribution in [0.2, 0.25) is 0 Å². The molecule has 0 aliphatic rings. The minimum atomic E-state index is 0.846. The topological polar surface area (TPSA) is 0 Å². The van der Waals surface area contributed by atoms with E-state index >= 15 is 0 Å². The maximum Gasteiger partial charge on any atom is -0.0358 e. The number of hydrogen-bond acceptors (Lipinski definition) is 0. The maximum atomic E-state index is 2.59. The quantitative estimate of drug-likeness (QED) is 0.194. The second kappa shape index (κ2) is 21.0. The van der Waals surface area contributed by atoms with Gasteiger partial charge in [-0.2, -0.15) is 0 Å². The molecule has 0 fully saturated rings. The molecule has 0 aromatic carbocycles. The Bertz CT molecular complexity index is 208. The van der Waals surface area contributed by atoms with E-state index in [1.165, 1.54) is 122 Å². The van der Waals surface area contributed by atoms with Gasteiger partial charge in [-0.3, -0.25) is 0 Å². The van der Waals surface area contributed by atoms with Crippen LogP contribution >= 0.6 is 0 Å². The third kappa shape index (κ3) is 20.0. The first kappa shape index (κ1) is 24.0. The summed E-state index contributed by atoms with van der Waals surface area (Å²) in [6.07, 6.45) is 30.0. The fourth-order valence-corrected chi connectivity index (χ4v) is 3.58. The Hall–Kier alpha value is 0. The van der Waals surface area contributed by atoms with Crippen LogP contribution in [-0.2, 0) is 0 Å². The molecule has 0 saturated heterocycles. The molecule has 0 aromatic heterocycles. The van der Waals surface area contributed by atoms with Crippen molar-refractivity contribution in [1.82, 2.24) is 0 Å². The second-order valence-electron chi connectivity index (χ2n) is 8.09. The third-order valence-corrected chi connectivity index (χ3v) is 5.39. The van der Waals surface area contributed by atoms with E-state index in [0.717, 1.165) is 5.92 Å². The van der Waals surface area contributed by atoms with Gasteiger partial charge in [-0.1, -0.05) is 136 Å². The minimum absolute atomic E-state index is 0.846. The van der Waals surface area contributed by atoms with Crippen LogP contribution in [-0.4, -0.2) is 0 Å². The summed E-state index contributed by atoms with van der Waals surface area (Å²) in [6.45, 7) is 7.01. The molecule has 145 valence electrons. The molecule has 0 heterocycles. The van der Waals surface area contributed by atoms with Gasteiger partial charge in [0, 0.05) is 0 Å². The molecular weight excluding hydrogens is 288 g/mol. The van der Waals surface area contributed by atoms with Crippen molar-refractivity contribution in [2.24, 2.45) is 5.92 Å². The molecule has 0 heteroatoms. The highest BCUT2D eigenvalue weighted by atomic mass is 14.1. The van der Waals surface area contributed by atoms with Gasteiger partial charge in [0.2, 0.25) is 0 Å². The van der Waals surface area contributed by atoms with E-state index < -0.39 is 0 Å². The predicted molar refractivity (Wildman–Crippen MR) is 113 cm³/mol. The Morgan fingerprint density at radius 3 is 1.33 bits per heavy atom. The van der Waals surface area contributed by atoms with Crippen molar-refractivity contribution in [3.8, 4) is 0 Å². The van der Waals surface area contributed by atoms with Crippen LogP contribution in [0.1, 0.15) is 143 Å². The molecule has 1 atom stereocenters. The zero-order valence-corrected chi connectivity index (χ0v) is 17.6. The van der Waals surface area contributed by atoms with Gasteiger partial charge in [0.15, 0.2) is 0 Å². The van der Waals surface area contributed by atoms with Crippen molar-refractivity contribution in [3.05, 3.63) is 6.42 Å². The van der Waals surface area contributed by atoms with Crippen LogP contribution < -0.4 is 0 Å². The summed E-state index contributed by atoms with van der Waals surface area (Å²) in [5.74, 6) is 0.846. The van der Waals surface area contributed by atoms with Crippen molar-refractivity contribution >= 4 is 0 Å². The lowest BCUT2D eigenvalue weighted by Gasteiger charge is -2.10. The van der Waals surface area contributed by atoms with Crippen molar-refractivity contribution in [2.45, 2.75) is 143 Å². The summed E-state index contributed by atoms with van der Waals surface area (Å²) >= 11 is 0. The lowest BCUT2D eigenvalue weighted by atomic mass is 9.96. The molecule has 0 aliphatic carbocycles. The van der Waals surface area contributed by atoms with Crippen LogP contribution in [0.5, 0.6) is 0 Å². The predicted octanol–water partition coefficient (Wildman–Crippen LogP) is 9.28. The van der Waals surface area contributed by atoms with Gasteiger partial charge in [-0.15, -0.1) is 0 Å². The number of unbranched alkanes of at least 4 members (excludes halogenated alkanes) is 16. The Balaban J connectivity index is 3.06. The van der Waals surface area contributed by atoms with Crippen LogP contribution in [0, 0.1) is 12.3 Å². The monoisotopic (exact) mass is 337 g/mol. The zero-order chi connectivity index (χ0) is 17.7. The van der Waals surface area contributed by atoms with E-state index in [-0.39, 0.29) is 0 Å². The Labute approximate surface area is 155 Å². The fraction of sp³-hybridized carbons (Fsp3) is 0.958. The summed E-state index contributed by atoms with van der Waals surface area (Å²) in [5, 5.41) is 0. The average molecular weight is 338 g/mol. The van der Waals surface area contributed by atoms with Crippen molar-refractivity contribution < 1.29 is 0 Å². The Kier molecular flexibility index (Phi) is 21.0. The minimum Gasteiger partial charge on any atom is -0.0654 e. The highest BCUT2D eigenvalue weighted by Gasteiger charge is 2.02. The smallest absolute Gasteiger partial charge is 0.0358 e. The van der Waals surface area contributed by atoms with E-state index in [1.54, 1.807) is 0 Å². The maximum absolute atomic E-state index is 2.59. The molecule has 0 bridgehead atoms. The molecule has 0 aromatic rings. The van der Waals surface area contributed by atoms with E-state index in [9.17, 15) is 0 Å². The molecule has 0 nitrogen and oxygen atoms in total. The van der Waals surface area contributed by atoms with Gasteiger partial charge in [0.25, 0.3) is 0 Å². The standard InChI is InChI=1S/C24H49/c1-4-6-8-10-11-12-13-14-15-16-17-18-19-21-23-24(3)22-20-9-7-5-2/h23-24H,4-22H2,1-3H3. The lowest BCUT2D eigenvalue weighted by molar-refractivity contribution is 0.508. The summed E-state index contributed by atoms with van der Waals surface area (Å²) in [5.41, 5.74) is 0. The van der Waals surface area contributed by atoms with Gasteiger partial charge >= 0.3 is 0 Å².